The Balaban J connectivity index is 1.87. The maximum Gasteiger partial charge on any atom is 0.0328 e. The van der Waals surface area contributed by atoms with Gasteiger partial charge in [-0.05, 0) is 38.2 Å². The molecule has 2 heterocycles. The van der Waals surface area contributed by atoms with E-state index < -0.39 is 0 Å². The standard InChI is InChI=1S/C16H21N/c1-12(14-6-4-3-5-7-14)17-13(2)15-8-10-16(17)11-9-15/h3-8,10,12-13,15-16H,9,11H2,1-2H3. The van der Waals surface area contributed by atoms with Crippen molar-refractivity contribution in [2.24, 2.45) is 5.92 Å². The number of fused-ring (bicyclic) bond motifs is 2. The van der Waals surface area contributed by atoms with Crippen LogP contribution in [0.5, 0.6) is 0 Å². The summed E-state index contributed by atoms with van der Waals surface area (Å²) in [5.41, 5.74) is 1.44. The lowest BCUT2D eigenvalue weighted by atomic mass is 9.79. The number of hydrogen-bond donors (Lipinski definition) is 0. The molecule has 2 bridgehead atoms. The molecule has 3 aliphatic rings. The van der Waals surface area contributed by atoms with Crippen molar-refractivity contribution in [1.82, 2.24) is 4.90 Å². The maximum absolute atomic E-state index is 2.70. The highest BCUT2D eigenvalue weighted by Gasteiger charge is 2.38. The van der Waals surface area contributed by atoms with Gasteiger partial charge in [-0.15, -0.1) is 0 Å². The number of benzene rings is 1. The first-order valence-corrected chi connectivity index (χ1v) is 6.78. The molecule has 2 aliphatic heterocycles. The Kier molecular flexibility index (Phi) is 2.79. The lowest BCUT2D eigenvalue weighted by Crippen LogP contribution is -2.52. The molecule has 17 heavy (non-hydrogen) atoms. The SMILES string of the molecule is CC(c1ccccc1)N1C2C=CC(CC2)C1C. The highest BCUT2D eigenvalue weighted by atomic mass is 15.2. The molecule has 0 N–H and O–H groups in total. The van der Waals surface area contributed by atoms with Crippen LogP contribution in [0.15, 0.2) is 42.5 Å². The third-order valence-electron chi connectivity index (χ3n) is 4.58. The van der Waals surface area contributed by atoms with Crippen LogP contribution in [-0.2, 0) is 0 Å². The Hall–Kier alpha value is -1.08. The summed E-state index contributed by atoms with van der Waals surface area (Å²) in [5, 5.41) is 0. The van der Waals surface area contributed by atoms with Crippen molar-refractivity contribution in [3.8, 4) is 0 Å². The normalized spacial score (nSPS) is 33.9. The lowest BCUT2D eigenvalue weighted by Gasteiger charge is -2.49. The van der Waals surface area contributed by atoms with Gasteiger partial charge in [-0.1, -0.05) is 42.5 Å². The van der Waals surface area contributed by atoms with Gasteiger partial charge in [-0.3, -0.25) is 4.90 Å². The van der Waals surface area contributed by atoms with Crippen molar-refractivity contribution in [2.75, 3.05) is 0 Å². The number of piperidine rings is 1. The first kappa shape index (κ1) is 11.0. The molecule has 1 aliphatic carbocycles. The molecular formula is C16H21N. The van der Waals surface area contributed by atoms with E-state index in [2.05, 4.69) is 61.2 Å². The van der Waals surface area contributed by atoms with Gasteiger partial charge in [0, 0.05) is 18.1 Å². The molecule has 4 rings (SSSR count). The number of rotatable bonds is 2. The molecule has 90 valence electrons. The highest BCUT2D eigenvalue weighted by molar-refractivity contribution is 5.21. The molecule has 4 unspecified atom stereocenters. The van der Waals surface area contributed by atoms with Crippen molar-refractivity contribution >= 4 is 0 Å². The lowest BCUT2D eigenvalue weighted by molar-refractivity contribution is 0.0389. The van der Waals surface area contributed by atoms with Crippen LogP contribution in [0.4, 0.5) is 0 Å². The van der Waals surface area contributed by atoms with E-state index >= 15 is 0 Å². The molecule has 4 atom stereocenters. The zero-order chi connectivity index (χ0) is 11.8. The van der Waals surface area contributed by atoms with E-state index in [1.54, 1.807) is 0 Å². The zero-order valence-electron chi connectivity index (χ0n) is 10.7. The molecule has 0 amide bonds. The largest absolute Gasteiger partial charge is 0.287 e. The van der Waals surface area contributed by atoms with Crippen LogP contribution in [0.25, 0.3) is 0 Å². The van der Waals surface area contributed by atoms with Crippen LogP contribution in [0.3, 0.4) is 0 Å². The fourth-order valence-electron chi connectivity index (χ4n) is 3.54. The average Bonchev–Trinajstić information content (AvgIpc) is 2.40. The molecule has 0 spiro atoms. The van der Waals surface area contributed by atoms with E-state index in [-0.39, 0.29) is 0 Å². The Morgan fingerprint density at radius 3 is 2.47 bits per heavy atom. The van der Waals surface area contributed by atoms with Crippen molar-refractivity contribution < 1.29 is 0 Å². The molecule has 1 aromatic rings. The van der Waals surface area contributed by atoms with Crippen LogP contribution in [-0.4, -0.2) is 17.0 Å². The molecule has 1 fully saturated rings. The van der Waals surface area contributed by atoms with Gasteiger partial charge in [0.2, 0.25) is 0 Å². The van der Waals surface area contributed by atoms with Crippen molar-refractivity contribution in [3.05, 3.63) is 48.0 Å². The Labute approximate surface area is 104 Å². The molecule has 0 radical (unpaired) electrons. The van der Waals surface area contributed by atoms with Gasteiger partial charge in [0.15, 0.2) is 0 Å². The van der Waals surface area contributed by atoms with Crippen LogP contribution < -0.4 is 0 Å². The van der Waals surface area contributed by atoms with Crippen molar-refractivity contribution in [3.63, 3.8) is 0 Å². The van der Waals surface area contributed by atoms with E-state index in [1.165, 1.54) is 18.4 Å². The third-order valence-corrected chi connectivity index (χ3v) is 4.58. The van der Waals surface area contributed by atoms with Crippen LogP contribution in [0.1, 0.15) is 38.3 Å². The van der Waals surface area contributed by atoms with E-state index in [9.17, 15) is 0 Å². The minimum Gasteiger partial charge on any atom is -0.287 e. The third kappa shape index (κ3) is 1.83. The molecular weight excluding hydrogens is 206 g/mol. The van der Waals surface area contributed by atoms with Crippen molar-refractivity contribution in [1.29, 1.82) is 0 Å². The summed E-state index contributed by atoms with van der Waals surface area (Å²) >= 11 is 0. The summed E-state index contributed by atoms with van der Waals surface area (Å²) in [6.45, 7) is 4.74. The number of hydrogen-bond acceptors (Lipinski definition) is 1. The summed E-state index contributed by atoms with van der Waals surface area (Å²) < 4.78 is 0. The van der Waals surface area contributed by atoms with Gasteiger partial charge in [0.1, 0.15) is 0 Å². The fourth-order valence-corrected chi connectivity index (χ4v) is 3.54. The van der Waals surface area contributed by atoms with E-state index in [0.717, 1.165) is 5.92 Å². The molecule has 1 saturated heterocycles. The smallest absolute Gasteiger partial charge is 0.0328 e. The quantitative estimate of drug-likeness (QED) is 0.695. The molecule has 0 aromatic heterocycles. The average molecular weight is 227 g/mol. The Morgan fingerprint density at radius 1 is 1.12 bits per heavy atom. The van der Waals surface area contributed by atoms with Gasteiger partial charge >= 0.3 is 0 Å². The first-order valence-electron chi connectivity index (χ1n) is 6.78. The summed E-state index contributed by atoms with van der Waals surface area (Å²) in [5.74, 6) is 0.770. The second kappa shape index (κ2) is 4.30. The minimum atomic E-state index is 0.531. The maximum atomic E-state index is 2.70. The van der Waals surface area contributed by atoms with Gasteiger partial charge in [-0.2, -0.15) is 0 Å². The molecule has 1 aromatic carbocycles. The first-order chi connectivity index (χ1) is 8.27. The van der Waals surface area contributed by atoms with E-state index in [0.29, 0.717) is 18.1 Å². The van der Waals surface area contributed by atoms with Gasteiger partial charge in [0.05, 0.1) is 0 Å². The Morgan fingerprint density at radius 2 is 1.88 bits per heavy atom. The minimum absolute atomic E-state index is 0.531. The zero-order valence-corrected chi connectivity index (χ0v) is 10.7. The van der Waals surface area contributed by atoms with E-state index in [1.807, 2.05) is 0 Å². The topological polar surface area (TPSA) is 3.24 Å². The predicted molar refractivity (Wildman–Crippen MR) is 71.8 cm³/mol. The second-order valence-corrected chi connectivity index (χ2v) is 5.47. The van der Waals surface area contributed by atoms with Crippen LogP contribution >= 0.6 is 0 Å². The number of nitrogens with zero attached hydrogens (tertiary/aromatic N) is 1. The van der Waals surface area contributed by atoms with Gasteiger partial charge in [-0.25, -0.2) is 0 Å². The molecule has 1 heteroatoms. The monoisotopic (exact) mass is 227 g/mol. The molecule has 1 nitrogen and oxygen atoms in total. The van der Waals surface area contributed by atoms with Crippen LogP contribution in [0.2, 0.25) is 0 Å². The van der Waals surface area contributed by atoms with E-state index in [4.69, 9.17) is 0 Å². The fraction of sp³-hybridized carbons (Fsp3) is 0.500. The van der Waals surface area contributed by atoms with Crippen molar-refractivity contribution in [2.45, 2.75) is 44.8 Å². The van der Waals surface area contributed by atoms with Gasteiger partial charge < -0.3 is 0 Å². The second-order valence-electron chi connectivity index (χ2n) is 5.47. The molecule has 0 saturated carbocycles. The predicted octanol–water partition coefficient (Wildman–Crippen LogP) is 3.79. The summed E-state index contributed by atoms with van der Waals surface area (Å²) in [6.07, 6.45) is 7.57. The van der Waals surface area contributed by atoms with Crippen LogP contribution in [0, 0.1) is 5.92 Å². The highest BCUT2D eigenvalue weighted by Crippen LogP contribution is 2.39. The van der Waals surface area contributed by atoms with Gasteiger partial charge in [0.25, 0.3) is 0 Å². The summed E-state index contributed by atoms with van der Waals surface area (Å²) in [7, 11) is 0. The Bertz CT molecular complexity index is 409. The summed E-state index contributed by atoms with van der Waals surface area (Å²) in [4.78, 5) is 2.70. The summed E-state index contributed by atoms with van der Waals surface area (Å²) in [6, 6.07) is 12.8.